The van der Waals surface area contributed by atoms with Crippen LogP contribution in [0.3, 0.4) is 0 Å². The van der Waals surface area contributed by atoms with Crippen molar-refractivity contribution in [1.29, 1.82) is 0 Å². The van der Waals surface area contributed by atoms with Crippen molar-refractivity contribution in [2.24, 2.45) is 11.7 Å². The number of carbonyl (C=O) groups is 1. The summed E-state index contributed by atoms with van der Waals surface area (Å²) in [4.78, 5) is 16.3. The second kappa shape index (κ2) is 6.97. The van der Waals surface area contributed by atoms with Gasteiger partial charge in [0.25, 0.3) is 0 Å². The van der Waals surface area contributed by atoms with E-state index in [1.165, 1.54) is 6.42 Å². The number of hydrogen-bond donors (Lipinski definition) is 1. The van der Waals surface area contributed by atoms with Crippen molar-refractivity contribution in [3.05, 3.63) is 0 Å². The Bertz CT molecular complexity index is 241. The maximum absolute atomic E-state index is 12.1. The molecule has 0 saturated carbocycles. The molecule has 1 aliphatic rings. The van der Waals surface area contributed by atoms with Gasteiger partial charge >= 0.3 is 0 Å². The summed E-state index contributed by atoms with van der Waals surface area (Å²) in [6, 6.07) is 0.230. The first-order valence-electron chi connectivity index (χ1n) is 6.84. The highest BCUT2D eigenvalue weighted by Crippen LogP contribution is 2.19. The second-order valence-corrected chi connectivity index (χ2v) is 5.05. The van der Waals surface area contributed by atoms with Crippen LogP contribution in [0.2, 0.25) is 0 Å². The van der Waals surface area contributed by atoms with Gasteiger partial charge < -0.3 is 10.6 Å². The van der Waals surface area contributed by atoms with Crippen LogP contribution in [0.4, 0.5) is 0 Å². The lowest BCUT2D eigenvalue weighted by Gasteiger charge is -2.28. The summed E-state index contributed by atoms with van der Waals surface area (Å²) in [6.45, 7) is 10.7. The van der Waals surface area contributed by atoms with Gasteiger partial charge in [0.2, 0.25) is 5.91 Å². The Morgan fingerprint density at radius 3 is 2.53 bits per heavy atom. The Morgan fingerprint density at radius 1 is 1.47 bits per heavy atom. The molecule has 0 spiro atoms. The van der Waals surface area contributed by atoms with E-state index in [0.29, 0.717) is 13.0 Å². The third-order valence-electron chi connectivity index (χ3n) is 3.77. The van der Waals surface area contributed by atoms with Gasteiger partial charge in [0.15, 0.2) is 0 Å². The highest BCUT2D eigenvalue weighted by Gasteiger charge is 2.27. The molecule has 2 unspecified atom stereocenters. The molecule has 0 aliphatic carbocycles. The molecule has 1 saturated heterocycles. The third-order valence-corrected chi connectivity index (χ3v) is 3.77. The largest absolute Gasteiger partial charge is 0.343 e. The SMILES string of the molecule is CCN(CC)C(=O)CC(CN)N1CCC(C)C1. The first-order valence-corrected chi connectivity index (χ1v) is 6.84. The number of nitrogens with two attached hydrogens (primary N) is 1. The molecule has 0 radical (unpaired) electrons. The van der Waals surface area contributed by atoms with Crippen LogP contribution in [0.5, 0.6) is 0 Å². The molecule has 1 rings (SSSR count). The van der Waals surface area contributed by atoms with Gasteiger partial charge in [-0.15, -0.1) is 0 Å². The molecule has 0 bridgehead atoms. The number of likely N-dealkylation sites (tertiary alicyclic amines) is 1. The highest BCUT2D eigenvalue weighted by molar-refractivity contribution is 5.76. The Kier molecular flexibility index (Phi) is 5.92. The lowest BCUT2D eigenvalue weighted by atomic mass is 10.1. The zero-order valence-corrected chi connectivity index (χ0v) is 11.5. The van der Waals surface area contributed by atoms with Crippen molar-refractivity contribution in [3.8, 4) is 0 Å². The smallest absolute Gasteiger partial charge is 0.224 e. The molecule has 0 aromatic rings. The van der Waals surface area contributed by atoms with Crippen LogP contribution in [0.15, 0.2) is 0 Å². The predicted octanol–water partition coefficient (Wildman–Crippen LogP) is 0.914. The molecule has 100 valence electrons. The van der Waals surface area contributed by atoms with E-state index in [0.717, 1.165) is 32.1 Å². The molecule has 1 heterocycles. The van der Waals surface area contributed by atoms with Crippen molar-refractivity contribution in [3.63, 3.8) is 0 Å². The molecule has 0 aromatic heterocycles. The molecular weight excluding hydrogens is 214 g/mol. The quantitative estimate of drug-likeness (QED) is 0.752. The average Bonchev–Trinajstić information content (AvgIpc) is 2.74. The first-order chi connectivity index (χ1) is 8.12. The monoisotopic (exact) mass is 241 g/mol. The highest BCUT2D eigenvalue weighted by atomic mass is 16.2. The molecule has 1 fully saturated rings. The lowest BCUT2D eigenvalue weighted by molar-refractivity contribution is -0.132. The molecule has 1 amide bonds. The number of rotatable bonds is 6. The fourth-order valence-corrected chi connectivity index (χ4v) is 2.57. The Balaban J connectivity index is 2.48. The number of nitrogens with zero attached hydrogens (tertiary/aromatic N) is 2. The zero-order valence-electron chi connectivity index (χ0n) is 11.5. The summed E-state index contributed by atoms with van der Waals surface area (Å²) in [7, 11) is 0. The van der Waals surface area contributed by atoms with Crippen LogP contribution in [-0.2, 0) is 4.79 Å². The number of amides is 1. The van der Waals surface area contributed by atoms with Crippen LogP contribution >= 0.6 is 0 Å². The fraction of sp³-hybridized carbons (Fsp3) is 0.923. The molecular formula is C13H27N3O. The van der Waals surface area contributed by atoms with Gasteiger partial charge in [-0.25, -0.2) is 0 Å². The van der Waals surface area contributed by atoms with Gasteiger partial charge in [-0.2, -0.15) is 0 Å². The normalized spacial score (nSPS) is 22.7. The summed E-state index contributed by atoms with van der Waals surface area (Å²) < 4.78 is 0. The fourth-order valence-electron chi connectivity index (χ4n) is 2.57. The van der Waals surface area contributed by atoms with Crippen LogP contribution in [0.25, 0.3) is 0 Å². The van der Waals surface area contributed by atoms with E-state index in [4.69, 9.17) is 5.73 Å². The van der Waals surface area contributed by atoms with E-state index < -0.39 is 0 Å². The van der Waals surface area contributed by atoms with Gasteiger partial charge in [-0.05, 0) is 32.7 Å². The molecule has 1 aliphatic heterocycles. The molecule has 2 atom stereocenters. The second-order valence-electron chi connectivity index (χ2n) is 5.05. The van der Waals surface area contributed by atoms with E-state index in [2.05, 4.69) is 11.8 Å². The van der Waals surface area contributed by atoms with Crippen LogP contribution < -0.4 is 5.73 Å². The summed E-state index contributed by atoms with van der Waals surface area (Å²) in [5.74, 6) is 0.984. The van der Waals surface area contributed by atoms with Gasteiger partial charge in [0, 0.05) is 38.6 Å². The minimum absolute atomic E-state index is 0.230. The number of hydrogen-bond acceptors (Lipinski definition) is 3. The Hall–Kier alpha value is -0.610. The van der Waals surface area contributed by atoms with Crippen LogP contribution in [0.1, 0.15) is 33.6 Å². The zero-order chi connectivity index (χ0) is 12.8. The maximum atomic E-state index is 12.1. The van der Waals surface area contributed by atoms with E-state index in [9.17, 15) is 4.79 Å². The topological polar surface area (TPSA) is 49.6 Å². The van der Waals surface area contributed by atoms with Crippen LogP contribution in [0, 0.1) is 5.92 Å². The van der Waals surface area contributed by atoms with Crippen LogP contribution in [-0.4, -0.2) is 54.5 Å². The van der Waals surface area contributed by atoms with E-state index in [1.807, 2.05) is 18.7 Å². The number of carbonyl (C=O) groups excluding carboxylic acids is 1. The lowest BCUT2D eigenvalue weighted by Crippen LogP contribution is -2.43. The minimum atomic E-state index is 0.230. The van der Waals surface area contributed by atoms with Crippen molar-refractivity contribution < 1.29 is 4.79 Å². The average molecular weight is 241 g/mol. The summed E-state index contributed by atoms with van der Waals surface area (Å²) in [5, 5.41) is 0. The van der Waals surface area contributed by atoms with Gasteiger partial charge in [0.05, 0.1) is 0 Å². The van der Waals surface area contributed by atoms with E-state index >= 15 is 0 Å². The van der Waals surface area contributed by atoms with Crippen molar-refractivity contribution in [2.45, 2.75) is 39.7 Å². The summed E-state index contributed by atoms with van der Waals surface area (Å²) in [5.41, 5.74) is 5.82. The Labute approximate surface area is 105 Å². The van der Waals surface area contributed by atoms with Gasteiger partial charge in [-0.3, -0.25) is 9.69 Å². The molecule has 2 N–H and O–H groups in total. The molecule has 0 aromatic carbocycles. The molecule has 17 heavy (non-hydrogen) atoms. The summed E-state index contributed by atoms with van der Waals surface area (Å²) >= 11 is 0. The molecule has 4 heteroatoms. The minimum Gasteiger partial charge on any atom is -0.343 e. The van der Waals surface area contributed by atoms with E-state index in [1.54, 1.807) is 0 Å². The predicted molar refractivity (Wildman–Crippen MR) is 70.7 cm³/mol. The van der Waals surface area contributed by atoms with E-state index in [-0.39, 0.29) is 11.9 Å². The van der Waals surface area contributed by atoms with Gasteiger partial charge in [0.1, 0.15) is 0 Å². The van der Waals surface area contributed by atoms with Crippen molar-refractivity contribution in [2.75, 3.05) is 32.7 Å². The molecule has 4 nitrogen and oxygen atoms in total. The first kappa shape index (κ1) is 14.5. The maximum Gasteiger partial charge on any atom is 0.224 e. The van der Waals surface area contributed by atoms with Gasteiger partial charge in [-0.1, -0.05) is 6.92 Å². The van der Waals surface area contributed by atoms with Crippen molar-refractivity contribution in [1.82, 2.24) is 9.80 Å². The standard InChI is InChI=1S/C13H27N3O/c1-4-15(5-2)13(17)8-12(9-14)16-7-6-11(3)10-16/h11-12H,4-10,14H2,1-3H3. The van der Waals surface area contributed by atoms with Crippen molar-refractivity contribution >= 4 is 5.91 Å². The Morgan fingerprint density at radius 2 is 2.12 bits per heavy atom. The summed E-state index contributed by atoms with van der Waals surface area (Å²) in [6.07, 6.45) is 1.81. The third kappa shape index (κ3) is 3.96.